The van der Waals surface area contributed by atoms with Crippen molar-refractivity contribution in [3.05, 3.63) is 40.4 Å². The summed E-state index contributed by atoms with van der Waals surface area (Å²) in [5.74, 6) is -0.332. The van der Waals surface area contributed by atoms with Crippen molar-refractivity contribution in [3.8, 4) is 0 Å². The molecule has 1 N–H and O–H groups in total. The summed E-state index contributed by atoms with van der Waals surface area (Å²) in [6, 6.07) is 0.121. The molecule has 0 aromatic carbocycles. The second-order valence-corrected chi connectivity index (χ2v) is 7.63. The number of carboxylic acids is 1. The number of hydrogen-bond donors (Lipinski definition) is 1. The number of fused-ring (bicyclic) bond motifs is 3. The molecule has 1 aliphatic heterocycles. The summed E-state index contributed by atoms with van der Waals surface area (Å²) in [6.07, 6.45) is 7.24. The van der Waals surface area contributed by atoms with Crippen molar-refractivity contribution in [1.82, 2.24) is 14.5 Å². The van der Waals surface area contributed by atoms with Crippen molar-refractivity contribution in [2.75, 3.05) is 23.9 Å². The zero-order valence-corrected chi connectivity index (χ0v) is 16.4. The van der Waals surface area contributed by atoms with Crippen molar-refractivity contribution >= 4 is 35.3 Å². The Bertz CT molecular complexity index is 943. The van der Waals surface area contributed by atoms with Gasteiger partial charge in [0.15, 0.2) is 6.30 Å². The number of halogens is 2. The summed E-state index contributed by atoms with van der Waals surface area (Å²) in [7, 11) is 3.63. The molecular formula is C19H21ClFN5O2. The van der Waals surface area contributed by atoms with Gasteiger partial charge in [0.1, 0.15) is 6.54 Å². The lowest BCUT2D eigenvalue weighted by Gasteiger charge is -2.33. The van der Waals surface area contributed by atoms with Gasteiger partial charge < -0.3 is 19.5 Å². The van der Waals surface area contributed by atoms with Crippen molar-refractivity contribution in [2.45, 2.75) is 38.1 Å². The second kappa shape index (κ2) is 7.09. The number of aromatic nitrogens is 3. The first kappa shape index (κ1) is 18.7. The average Bonchev–Trinajstić information content (AvgIpc) is 2.98. The van der Waals surface area contributed by atoms with Crippen molar-refractivity contribution < 1.29 is 14.3 Å². The molecule has 0 saturated carbocycles. The molecule has 2 unspecified atom stereocenters. The summed E-state index contributed by atoms with van der Waals surface area (Å²) in [6.45, 7) is -0.131. The molecule has 4 rings (SSSR count). The van der Waals surface area contributed by atoms with Crippen LogP contribution >= 0.6 is 11.6 Å². The largest absolute Gasteiger partial charge is 0.480 e. The highest BCUT2D eigenvalue weighted by molar-refractivity contribution is 6.30. The third-order valence-corrected chi connectivity index (χ3v) is 5.74. The minimum absolute atomic E-state index is 0.121. The monoisotopic (exact) mass is 405 g/mol. The Balaban J connectivity index is 1.72. The molecule has 0 radical (unpaired) electrons. The Kier molecular flexibility index (Phi) is 4.74. The number of anilines is 2. The minimum atomic E-state index is -1.23. The lowest BCUT2D eigenvalue weighted by Crippen LogP contribution is -2.38. The third kappa shape index (κ3) is 3.11. The van der Waals surface area contributed by atoms with Crippen LogP contribution < -0.4 is 9.80 Å². The van der Waals surface area contributed by atoms with E-state index in [9.17, 15) is 14.3 Å². The van der Waals surface area contributed by atoms with Crippen LogP contribution in [0.4, 0.5) is 16.0 Å². The fourth-order valence-electron chi connectivity index (χ4n) is 4.15. The van der Waals surface area contributed by atoms with Gasteiger partial charge in [-0.25, -0.2) is 14.4 Å². The predicted octanol–water partition coefficient (Wildman–Crippen LogP) is 2.77. The van der Waals surface area contributed by atoms with Crippen molar-refractivity contribution in [1.29, 1.82) is 0 Å². The molecular weight excluding hydrogens is 385 g/mol. The van der Waals surface area contributed by atoms with Gasteiger partial charge in [0, 0.05) is 25.8 Å². The van der Waals surface area contributed by atoms with Crippen LogP contribution in [0.25, 0.3) is 6.08 Å². The highest BCUT2D eigenvalue weighted by Gasteiger charge is 2.34. The number of alkyl halides is 1. The Morgan fingerprint density at radius 3 is 2.82 bits per heavy atom. The molecule has 1 aliphatic carbocycles. The third-order valence-electron chi connectivity index (χ3n) is 5.55. The molecule has 0 spiro atoms. The maximum atomic E-state index is 14.3. The normalized spacial score (nSPS) is 20.6. The first-order chi connectivity index (χ1) is 13.4. The van der Waals surface area contributed by atoms with E-state index in [2.05, 4.69) is 9.97 Å². The number of likely N-dealkylation sites (N-methyl/N-ethyl adjacent to an activating group) is 2. The Labute approximate surface area is 167 Å². The van der Waals surface area contributed by atoms with Crippen LogP contribution in [0.5, 0.6) is 0 Å². The van der Waals surface area contributed by atoms with Gasteiger partial charge in [-0.1, -0.05) is 11.6 Å². The minimum Gasteiger partial charge on any atom is -0.480 e. The maximum absolute atomic E-state index is 14.3. The summed E-state index contributed by atoms with van der Waals surface area (Å²) in [4.78, 5) is 23.6. The number of rotatable bonds is 4. The van der Waals surface area contributed by atoms with E-state index in [1.165, 1.54) is 6.08 Å². The Morgan fingerprint density at radius 1 is 1.43 bits per heavy atom. The van der Waals surface area contributed by atoms with Crippen LogP contribution in [0, 0.1) is 0 Å². The topological polar surface area (TPSA) is 74.5 Å². The van der Waals surface area contributed by atoms with Crippen LogP contribution in [-0.2, 0) is 24.2 Å². The van der Waals surface area contributed by atoms with E-state index < -0.39 is 12.3 Å². The van der Waals surface area contributed by atoms with Gasteiger partial charge in [-0.15, -0.1) is 0 Å². The molecule has 2 aliphatic rings. The van der Waals surface area contributed by atoms with Gasteiger partial charge >= 0.3 is 5.97 Å². The van der Waals surface area contributed by atoms with E-state index in [0.29, 0.717) is 23.8 Å². The van der Waals surface area contributed by atoms with Crippen LogP contribution in [0.1, 0.15) is 23.4 Å². The zero-order chi connectivity index (χ0) is 20.0. The molecule has 9 heteroatoms. The predicted molar refractivity (Wildman–Crippen MR) is 106 cm³/mol. The molecule has 2 atom stereocenters. The molecule has 148 valence electrons. The first-order valence-electron chi connectivity index (χ1n) is 9.08. The van der Waals surface area contributed by atoms with E-state index in [1.807, 2.05) is 11.9 Å². The SMILES string of the molecule is CN1c2c3c(n(CC(=O)O)c2C=CC1F)CCC(N(C)c1ncc(Cl)cn1)C3. The average molecular weight is 406 g/mol. The summed E-state index contributed by atoms with van der Waals surface area (Å²) in [5.41, 5.74) is 3.51. The van der Waals surface area contributed by atoms with Gasteiger partial charge in [-0.3, -0.25) is 4.79 Å². The lowest BCUT2D eigenvalue weighted by molar-refractivity contribution is -0.137. The van der Waals surface area contributed by atoms with Crippen LogP contribution in [-0.4, -0.2) is 52.0 Å². The first-order valence-corrected chi connectivity index (χ1v) is 9.46. The van der Waals surface area contributed by atoms with Gasteiger partial charge in [-0.2, -0.15) is 0 Å². The Hall–Kier alpha value is -2.61. The zero-order valence-electron chi connectivity index (χ0n) is 15.6. The molecule has 7 nitrogen and oxygen atoms in total. The highest BCUT2D eigenvalue weighted by atomic mass is 35.5. The molecule has 2 aromatic rings. The molecule has 2 aromatic heterocycles. The number of carboxylic acid groups (broad SMARTS) is 1. The molecule has 0 amide bonds. The highest BCUT2D eigenvalue weighted by Crippen LogP contribution is 2.41. The fourth-order valence-corrected chi connectivity index (χ4v) is 4.25. The van der Waals surface area contributed by atoms with Crippen LogP contribution in [0.15, 0.2) is 18.5 Å². The van der Waals surface area contributed by atoms with E-state index in [0.717, 1.165) is 29.1 Å². The van der Waals surface area contributed by atoms with Crippen molar-refractivity contribution in [3.63, 3.8) is 0 Å². The molecule has 28 heavy (non-hydrogen) atoms. The number of carbonyl (C=O) groups is 1. The van der Waals surface area contributed by atoms with E-state index >= 15 is 0 Å². The summed E-state index contributed by atoms with van der Waals surface area (Å²) < 4.78 is 16.1. The quantitative estimate of drug-likeness (QED) is 0.788. The number of nitrogens with zero attached hydrogens (tertiary/aromatic N) is 5. The summed E-state index contributed by atoms with van der Waals surface area (Å²) >= 11 is 5.88. The second-order valence-electron chi connectivity index (χ2n) is 7.19. The standard InChI is InChI=1S/C19H21ClFN5O2/c1-24(19-22-8-11(20)9-23-19)12-3-4-14-13(7-12)18-15(26(14)10-17(27)28)5-6-16(21)25(18)2/h5-6,8-9,12,16H,3-4,7,10H2,1-2H3,(H,27,28). The van der Waals surface area contributed by atoms with Crippen LogP contribution in [0.3, 0.4) is 0 Å². The molecule has 0 bridgehead atoms. The Morgan fingerprint density at radius 2 is 2.14 bits per heavy atom. The fraction of sp³-hybridized carbons (Fsp3) is 0.421. The van der Waals surface area contributed by atoms with Gasteiger partial charge in [0.2, 0.25) is 5.95 Å². The number of aliphatic carboxylic acids is 1. The van der Waals surface area contributed by atoms with Crippen LogP contribution in [0.2, 0.25) is 5.02 Å². The molecule has 3 heterocycles. The van der Waals surface area contributed by atoms with Gasteiger partial charge in [0.05, 0.1) is 28.8 Å². The summed E-state index contributed by atoms with van der Waals surface area (Å²) in [5, 5.41) is 9.83. The van der Waals surface area contributed by atoms with Gasteiger partial charge in [0.25, 0.3) is 0 Å². The van der Waals surface area contributed by atoms with Crippen molar-refractivity contribution in [2.24, 2.45) is 0 Å². The van der Waals surface area contributed by atoms with E-state index in [1.54, 1.807) is 35.0 Å². The maximum Gasteiger partial charge on any atom is 0.323 e. The molecule has 0 saturated heterocycles. The van der Waals surface area contributed by atoms with Gasteiger partial charge in [-0.05, 0) is 37.0 Å². The number of hydrogen-bond acceptors (Lipinski definition) is 5. The molecule has 0 fully saturated rings. The van der Waals surface area contributed by atoms with E-state index in [4.69, 9.17) is 11.6 Å². The van der Waals surface area contributed by atoms with E-state index in [-0.39, 0.29) is 12.6 Å². The lowest BCUT2D eigenvalue weighted by atomic mass is 9.90. The smallest absolute Gasteiger partial charge is 0.323 e.